The van der Waals surface area contributed by atoms with Gasteiger partial charge in [0.25, 0.3) is 0 Å². The minimum atomic E-state index is 0.212. The predicted molar refractivity (Wildman–Crippen MR) is 85.8 cm³/mol. The van der Waals surface area contributed by atoms with Gasteiger partial charge in [-0.15, -0.1) is 0 Å². The van der Waals surface area contributed by atoms with Crippen molar-refractivity contribution >= 4 is 28.8 Å². The van der Waals surface area contributed by atoms with Crippen LogP contribution in [0.3, 0.4) is 0 Å². The number of nitrogens with zero attached hydrogens (tertiary/aromatic N) is 1. The van der Waals surface area contributed by atoms with Gasteiger partial charge in [-0.2, -0.15) is 0 Å². The maximum absolute atomic E-state index is 6.13. The van der Waals surface area contributed by atoms with Crippen molar-refractivity contribution in [3.05, 3.63) is 52.3 Å². The molecular weight excluding hydrogens is 292 g/mol. The molecule has 0 radical (unpaired) electrons. The van der Waals surface area contributed by atoms with Crippen molar-refractivity contribution in [2.75, 3.05) is 0 Å². The highest BCUT2D eigenvalue weighted by atomic mass is 35.5. The molecule has 0 saturated carbocycles. The molecule has 20 heavy (non-hydrogen) atoms. The number of ether oxygens (including phenoxy) is 1. The standard InChI is InChI=1S/C15H15ClN2OS/c1-3-11-12(8-7-9(2)18-11)19-13-6-4-5-10(16)14(13)15(17)20/h4-8H,3H2,1-2H3,(H2,17,20). The van der Waals surface area contributed by atoms with E-state index in [1.54, 1.807) is 18.2 Å². The van der Waals surface area contributed by atoms with Crippen LogP contribution in [-0.4, -0.2) is 9.97 Å². The SMILES string of the molecule is CCc1nc(C)ccc1Oc1cccc(Cl)c1C(N)=S. The van der Waals surface area contributed by atoms with E-state index in [4.69, 9.17) is 34.3 Å². The van der Waals surface area contributed by atoms with Gasteiger partial charge in [0.15, 0.2) is 0 Å². The molecule has 0 atom stereocenters. The van der Waals surface area contributed by atoms with Crippen LogP contribution in [0.15, 0.2) is 30.3 Å². The highest BCUT2D eigenvalue weighted by Crippen LogP contribution is 2.31. The van der Waals surface area contributed by atoms with Gasteiger partial charge >= 0.3 is 0 Å². The van der Waals surface area contributed by atoms with Crippen molar-refractivity contribution in [3.63, 3.8) is 0 Å². The molecule has 2 rings (SSSR count). The van der Waals surface area contributed by atoms with Gasteiger partial charge in [-0.25, -0.2) is 0 Å². The number of nitrogens with two attached hydrogens (primary N) is 1. The first kappa shape index (κ1) is 14.8. The Labute approximate surface area is 128 Å². The Morgan fingerprint density at radius 3 is 2.70 bits per heavy atom. The Hall–Kier alpha value is -1.65. The lowest BCUT2D eigenvalue weighted by Gasteiger charge is -2.14. The minimum absolute atomic E-state index is 0.212. The number of pyridine rings is 1. The second-order valence-electron chi connectivity index (χ2n) is 4.33. The van der Waals surface area contributed by atoms with Crippen LogP contribution in [0.1, 0.15) is 23.9 Å². The Kier molecular flexibility index (Phi) is 4.57. The van der Waals surface area contributed by atoms with E-state index in [0.717, 1.165) is 17.8 Å². The Bertz CT molecular complexity index is 658. The van der Waals surface area contributed by atoms with Gasteiger partial charge in [0.05, 0.1) is 16.3 Å². The molecule has 0 fully saturated rings. The van der Waals surface area contributed by atoms with Crippen molar-refractivity contribution in [2.45, 2.75) is 20.3 Å². The summed E-state index contributed by atoms with van der Waals surface area (Å²) in [6.07, 6.45) is 0.778. The zero-order chi connectivity index (χ0) is 14.7. The smallest absolute Gasteiger partial charge is 0.148 e. The third kappa shape index (κ3) is 3.08. The molecule has 2 N–H and O–H groups in total. The summed E-state index contributed by atoms with van der Waals surface area (Å²) in [5.41, 5.74) is 8.10. The molecule has 0 aliphatic heterocycles. The Balaban J connectivity index is 2.45. The lowest BCUT2D eigenvalue weighted by molar-refractivity contribution is 0.472. The second-order valence-corrected chi connectivity index (χ2v) is 5.18. The lowest BCUT2D eigenvalue weighted by atomic mass is 10.2. The van der Waals surface area contributed by atoms with Gasteiger partial charge in [-0.1, -0.05) is 36.8 Å². The summed E-state index contributed by atoms with van der Waals surface area (Å²) in [7, 11) is 0. The van der Waals surface area contributed by atoms with Crippen molar-refractivity contribution < 1.29 is 4.74 Å². The van der Waals surface area contributed by atoms with E-state index in [2.05, 4.69) is 4.98 Å². The topological polar surface area (TPSA) is 48.1 Å². The normalized spacial score (nSPS) is 10.3. The number of thiocarbonyl (C=S) groups is 1. The van der Waals surface area contributed by atoms with Crippen molar-refractivity contribution in [1.29, 1.82) is 0 Å². The molecular formula is C15H15ClN2OS. The van der Waals surface area contributed by atoms with Gasteiger partial charge in [-0.05, 0) is 37.6 Å². The van der Waals surface area contributed by atoms with Gasteiger partial charge in [0, 0.05) is 5.69 Å². The summed E-state index contributed by atoms with van der Waals surface area (Å²) in [5, 5.41) is 0.480. The molecule has 0 saturated heterocycles. The fourth-order valence-electron chi connectivity index (χ4n) is 1.89. The summed E-state index contributed by atoms with van der Waals surface area (Å²) in [5.74, 6) is 1.24. The van der Waals surface area contributed by atoms with Crippen LogP contribution in [0, 0.1) is 6.92 Å². The van der Waals surface area contributed by atoms with E-state index in [1.807, 2.05) is 26.0 Å². The largest absolute Gasteiger partial charge is 0.455 e. The summed E-state index contributed by atoms with van der Waals surface area (Å²) in [6.45, 7) is 3.98. The molecule has 0 aliphatic carbocycles. The fraction of sp³-hybridized carbons (Fsp3) is 0.200. The molecule has 3 nitrogen and oxygen atoms in total. The van der Waals surface area contributed by atoms with E-state index >= 15 is 0 Å². The van der Waals surface area contributed by atoms with Crippen LogP contribution in [0.4, 0.5) is 0 Å². The fourth-order valence-corrected chi connectivity index (χ4v) is 2.43. The quantitative estimate of drug-likeness (QED) is 0.866. The number of aryl methyl sites for hydroxylation is 2. The van der Waals surface area contributed by atoms with Crippen molar-refractivity contribution in [3.8, 4) is 11.5 Å². The molecule has 104 valence electrons. The highest BCUT2D eigenvalue weighted by Gasteiger charge is 2.13. The average molecular weight is 307 g/mol. The molecule has 0 bridgehead atoms. The average Bonchev–Trinajstić information content (AvgIpc) is 2.40. The Morgan fingerprint density at radius 1 is 1.30 bits per heavy atom. The van der Waals surface area contributed by atoms with Crippen LogP contribution < -0.4 is 10.5 Å². The van der Waals surface area contributed by atoms with Crippen LogP contribution in [0.25, 0.3) is 0 Å². The number of halogens is 1. The molecule has 0 spiro atoms. The zero-order valence-corrected chi connectivity index (χ0v) is 12.9. The molecule has 0 aliphatic rings. The summed E-state index contributed by atoms with van der Waals surface area (Å²) in [4.78, 5) is 4.67. The number of benzene rings is 1. The zero-order valence-electron chi connectivity index (χ0n) is 11.3. The summed E-state index contributed by atoms with van der Waals surface area (Å²) in [6, 6.07) is 9.12. The Morgan fingerprint density at radius 2 is 2.05 bits per heavy atom. The van der Waals surface area contributed by atoms with E-state index in [-0.39, 0.29) is 4.99 Å². The molecule has 2 aromatic rings. The van der Waals surface area contributed by atoms with E-state index < -0.39 is 0 Å². The van der Waals surface area contributed by atoms with Gasteiger partial charge in [0.1, 0.15) is 16.5 Å². The molecule has 1 aromatic carbocycles. The first-order chi connectivity index (χ1) is 9.52. The third-order valence-corrected chi connectivity index (χ3v) is 3.37. The van der Waals surface area contributed by atoms with Crippen LogP contribution in [0.5, 0.6) is 11.5 Å². The van der Waals surface area contributed by atoms with Crippen LogP contribution >= 0.6 is 23.8 Å². The monoisotopic (exact) mass is 306 g/mol. The van der Waals surface area contributed by atoms with E-state index in [9.17, 15) is 0 Å². The maximum atomic E-state index is 6.13. The minimum Gasteiger partial charge on any atom is -0.455 e. The van der Waals surface area contributed by atoms with Gasteiger partial charge < -0.3 is 10.5 Å². The molecule has 5 heteroatoms. The van der Waals surface area contributed by atoms with E-state index in [1.165, 1.54) is 0 Å². The first-order valence-corrected chi connectivity index (χ1v) is 7.04. The molecule has 1 heterocycles. The van der Waals surface area contributed by atoms with E-state index in [0.29, 0.717) is 22.1 Å². The van der Waals surface area contributed by atoms with Crippen LogP contribution in [-0.2, 0) is 6.42 Å². The molecule has 0 amide bonds. The lowest BCUT2D eigenvalue weighted by Crippen LogP contribution is -2.11. The van der Waals surface area contributed by atoms with Crippen molar-refractivity contribution in [2.24, 2.45) is 5.73 Å². The summed E-state index contributed by atoms with van der Waals surface area (Å²) >= 11 is 11.2. The molecule has 0 unspecified atom stereocenters. The molecule has 1 aromatic heterocycles. The summed E-state index contributed by atoms with van der Waals surface area (Å²) < 4.78 is 5.91. The predicted octanol–water partition coefficient (Wildman–Crippen LogP) is 4.03. The second kappa shape index (κ2) is 6.20. The number of hydrogen-bond acceptors (Lipinski definition) is 3. The van der Waals surface area contributed by atoms with Crippen molar-refractivity contribution in [1.82, 2.24) is 4.98 Å². The first-order valence-electron chi connectivity index (χ1n) is 6.25. The maximum Gasteiger partial charge on any atom is 0.148 e. The number of rotatable bonds is 4. The third-order valence-electron chi connectivity index (χ3n) is 2.85. The van der Waals surface area contributed by atoms with Crippen LogP contribution in [0.2, 0.25) is 5.02 Å². The van der Waals surface area contributed by atoms with Gasteiger partial charge in [-0.3, -0.25) is 4.98 Å². The highest BCUT2D eigenvalue weighted by molar-refractivity contribution is 7.80. The van der Waals surface area contributed by atoms with Gasteiger partial charge in [0.2, 0.25) is 0 Å². The number of aromatic nitrogens is 1. The number of hydrogen-bond donors (Lipinski definition) is 1.